The zero-order valence-electron chi connectivity index (χ0n) is 12.4. The molecule has 0 spiro atoms. The van der Waals surface area contributed by atoms with Crippen molar-refractivity contribution in [3.63, 3.8) is 0 Å². The SMILES string of the molecule is Fc1cccc2c1-n1c(CBr)nnc1CN=C2c1ccccc1Cl. The van der Waals surface area contributed by atoms with E-state index in [9.17, 15) is 4.39 Å². The monoisotopic (exact) mass is 404 g/mol. The van der Waals surface area contributed by atoms with Gasteiger partial charge < -0.3 is 0 Å². The van der Waals surface area contributed by atoms with Crippen LogP contribution in [0.5, 0.6) is 0 Å². The lowest BCUT2D eigenvalue weighted by atomic mass is 10.00. The Bertz CT molecular complexity index is 967. The molecule has 0 unspecified atom stereocenters. The van der Waals surface area contributed by atoms with Gasteiger partial charge in [-0.3, -0.25) is 9.56 Å². The summed E-state index contributed by atoms with van der Waals surface area (Å²) in [7, 11) is 0. The fraction of sp³-hybridized carbons (Fsp3) is 0.118. The molecule has 1 aliphatic heterocycles. The highest BCUT2D eigenvalue weighted by molar-refractivity contribution is 9.08. The first-order valence-electron chi connectivity index (χ1n) is 7.28. The lowest BCUT2D eigenvalue weighted by Gasteiger charge is -2.14. The van der Waals surface area contributed by atoms with Crippen LogP contribution in [0.4, 0.5) is 4.39 Å². The molecule has 4 rings (SSSR count). The Kier molecular flexibility index (Phi) is 3.94. The smallest absolute Gasteiger partial charge is 0.159 e. The Labute approximate surface area is 151 Å². The Morgan fingerprint density at radius 3 is 2.67 bits per heavy atom. The van der Waals surface area contributed by atoms with Crippen molar-refractivity contribution in [2.24, 2.45) is 4.99 Å². The largest absolute Gasteiger partial charge is 0.277 e. The van der Waals surface area contributed by atoms with Crippen LogP contribution in [0.1, 0.15) is 22.8 Å². The summed E-state index contributed by atoms with van der Waals surface area (Å²) >= 11 is 9.73. The summed E-state index contributed by atoms with van der Waals surface area (Å²) in [6.45, 7) is 0.300. The molecule has 0 saturated heterocycles. The second-order valence-corrected chi connectivity index (χ2v) is 6.25. The lowest BCUT2D eigenvalue weighted by Crippen LogP contribution is -2.11. The van der Waals surface area contributed by atoms with Crippen LogP contribution >= 0.6 is 27.5 Å². The number of benzene rings is 2. The molecule has 3 aromatic rings. The van der Waals surface area contributed by atoms with Gasteiger partial charge in [0.15, 0.2) is 5.82 Å². The third kappa shape index (κ3) is 2.37. The maximum absolute atomic E-state index is 14.7. The van der Waals surface area contributed by atoms with E-state index in [1.54, 1.807) is 16.7 Å². The van der Waals surface area contributed by atoms with Gasteiger partial charge in [-0.25, -0.2) is 4.39 Å². The lowest BCUT2D eigenvalue weighted by molar-refractivity contribution is 0.613. The van der Waals surface area contributed by atoms with Crippen LogP contribution in [0.25, 0.3) is 5.69 Å². The van der Waals surface area contributed by atoms with Crippen LogP contribution < -0.4 is 0 Å². The van der Waals surface area contributed by atoms with E-state index in [-0.39, 0.29) is 5.82 Å². The standard InChI is InChI=1S/C17H11BrClFN4/c18-8-14-22-23-15-9-21-16(10-4-1-2-6-12(10)19)11-5-3-7-13(20)17(11)24(14)15/h1-7H,8-9H2. The summed E-state index contributed by atoms with van der Waals surface area (Å²) in [6, 6.07) is 12.4. The number of alkyl halides is 1. The van der Waals surface area contributed by atoms with E-state index in [0.29, 0.717) is 45.5 Å². The Morgan fingerprint density at radius 1 is 1.08 bits per heavy atom. The molecule has 7 heteroatoms. The van der Waals surface area contributed by atoms with Crippen molar-refractivity contribution in [2.75, 3.05) is 0 Å². The second-order valence-electron chi connectivity index (χ2n) is 5.28. The normalized spacial score (nSPS) is 13.0. The van der Waals surface area contributed by atoms with E-state index in [0.717, 1.165) is 5.56 Å². The third-order valence-corrected chi connectivity index (χ3v) is 4.72. The van der Waals surface area contributed by atoms with Crippen LogP contribution in [-0.4, -0.2) is 20.5 Å². The number of aromatic nitrogens is 3. The fourth-order valence-corrected chi connectivity index (χ4v) is 3.44. The average molecular weight is 406 g/mol. The summed E-state index contributed by atoms with van der Waals surface area (Å²) in [4.78, 5) is 4.65. The minimum atomic E-state index is -0.350. The van der Waals surface area contributed by atoms with Crippen molar-refractivity contribution in [3.05, 3.63) is 76.1 Å². The van der Waals surface area contributed by atoms with Gasteiger partial charge in [0.1, 0.15) is 18.2 Å². The molecule has 0 atom stereocenters. The molecule has 0 saturated carbocycles. The van der Waals surface area contributed by atoms with Crippen LogP contribution in [0.15, 0.2) is 47.5 Å². The summed E-state index contributed by atoms with van der Waals surface area (Å²) < 4.78 is 16.5. The van der Waals surface area contributed by atoms with E-state index in [2.05, 4.69) is 31.1 Å². The zero-order chi connectivity index (χ0) is 16.7. The van der Waals surface area contributed by atoms with Gasteiger partial charge in [-0.2, -0.15) is 0 Å². The molecule has 2 heterocycles. The molecular weight excluding hydrogens is 395 g/mol. The molecule has 0 amide bonds. The zero-order valence-corrected chi connectivity index (χ0v) is 14.7. The van der Waals surface area contributed by atoms with Crippen molar-refractivity contribution in [2.45, 2.75) is 11.9 Å². The number of para-hydroxylation sites is 1. The van der Waals surface area contributed by atoms with Gasteiger partial charge in [0.05, 0.1) is 16.7 Å². The Hall–Kier alpha value is -2.05. The summed E-state index contributed by atoms with van der Waals surface area (Å²) in [5, 5.41) is 9.31. The molecule has 24 heavy (non-hydrogen) atoms. The van der Waals surface area contributed by atoms with E-state index in [1.807, 2.05) is 24.3 Å². The van der Waals surface area contributed by atoms with Gasteiger partial charge in [0, 0.05) is 16.1 Å². The predicted octanol–water partition coefficient (Wildman–Crippen LogP) is 4.31. The van der Waals surface area contributed by atoms with Crippen LogP contribution in [0, 0.1) is 5.82 Å². The molecule has 4 nitrogen and oxygen atoms in total. The number of hydrogen-bond donors (Lipinski definition) is 0. The molecule has 0 radical (unpaired) electrons. The molecule has 1 aliphatic rings. The Morgan fingerprint density at radius 2 is 1.88 bits per heavy atom. The molecule has 120 valence electrons. The van der Waals surface area contributed by atoms with Crippen LogP contribution in [0.2, 0.25) is 5.02 Å². The highest BCUT2D eigenvalue weighted by Crippen LogP contribution is 2.30. The van der Waals surface area contributed by atoms with Crippen molar-refractivity contribution < 1.29 is 4.39 Å². The van der Waals surface area contributed by atoms with E-state index < -0.39 is 0 Å². The molecule has 2 aromatic carbocycles. The van der Waals surface area contributed by atoms with Crippen LogP contribution in [0.3, 0.4) is 0 Å². The number of aliphatic imine (C=N–C) groups is 1. The van der Waals surface area contributed by atoms with Crippen molar-refractivity contribution in [1.29, 1.82) is 0 Å². The molecule has 1 aromatic heterocycles. The van der Waals surface area contributed by atoms with Gasteiger partial charge >= 0.3 is 0 Å². The maximum atomic E-state index is 14.7. The van der Waals surface area contributed by atoms with Crippen LogP contribution in [-0.2, 0) is 11.9 Å². The van der Waals surface area contributed by atoms with Gasteiger partial charge in [-0.05, 0) is 12.1 Å². The number of fused-ring (bicyclic) bond motifs is 3. The second kappa shape index (κ2) is 6.11. The summed E-state index contributed by atoms with van der Waals surface area (Å²) in [5.41, 5.74) is 2.50. The van der Waals surface area contributed by atoms with Gasteiger partial charge in [-0.15, -0.1) is 10.2 Å². The Balaban J connectivity index is 2.03. The van der Waals surface area contributed by atoms with Crippen molar-refractivity contribution in [1.82, 2.24) is 14.8 Å². The number of nitrogens with zero attached hydrogens (tertiary/aromatic N) is 4. The highest BCUT2D eigenvalue weighted by atomic mass is 79.9. The molecular formula is C17H11BrClFN4. The highest BCUT2D eigenvalue weighted by Gasteiger charge is 2.25. The maximum Gasteiger partial charge on any atom is 0.159 e. The van der Waals surface area contributed by atoms with E-state index in [4.69, 9.17) is 11.6 Å². The molecule has 0 aliphatic carbocycles. The van der Waals surface area contributed by atoms with Gasteiger partial charge in [-0.1, -0.05) is 57.9 Å². The first-order valence-corrected chi connectivity index (χ1v) is 8.78. The minimum absolute atomic E-state index is 0.300. The topological polar surface area (TPSA) is 43.1 Å². The molecule has 0 bridgehead atoms. The number of rotatable bonds is 2. The quantitative estimate of drug-likeness (QED) is 0.596. The summed E-state index contributed by atoms with van der Waals surface area (Å²) in [5.74, 6) is 0.877. The first kappa shape index (κ1) is 15.5. The number of hydrogen-bond acceptors (Lipinski definition) is 3. The number of halogens is 3. The fourth-order valence-electron chi connectivity index (χ4n) is 2.85. The minimum Gasteiger partial charge on any atom is -0.277 e. The molecule has 0 N–H and O–H groups in total. The van der Waals surface area contributed by atoms with Crippen molar-refractivity contribution in [3.8, 4) is 5.69 Å². The van der Waals surface area contributed by atoms with E-state index >= 15 is 0 Å². The van der Waals surface area contributed by atoms with Gasteiger partial charge in [0.2, 0.25) is 0 Å². The predicted molar refractivity (Wildman–Crippen MR) is 94.7 cm³/mol. The van der Waals surface area contributed by atoms with Crippen molar-refractivity contribution >= 4 is 33.2 Å². The van der Waals surface area contributed by atoms with Gasteiger partial charge in [0.25, 0.3) is 0 Å². The third-order valence-electron chi connectivity index (χ3n) is 3.89. The first-order chi connectivity index (χ1) is 11.7. The summed E-state index contributed by atoms with van der Waals surface area (Å²) in [6.07, 6.45) is 0. The average Bonchev–Trinajstić information content (AvgIpc) is 2.91. The molecule has 0 fully saturated rings. The van der Waals surface area contributed by atoms with E-state index in [1.165, 1.54) is 6.07 Å².